The molecule has 1 unspecified atom stereocenters. The third-order valence-electron chi connectivity index (χ3n) is 3.81. The van der Waals surface area contributed by atoms with Gasteiger partial charge in [-0.2, -0.15) is 5.10 Å². The number of aromatic nitrogens is 2. The maximum atomic E-state index is 12.5. The zero-order valence-corrected chi connectivity index (χ0v) is 12.7. The van der Waals surface area contributed by atoms with E-state index in [0.717, 1.165) is 28.8 Å². The molecule has 0 aliphatic rings. The molecule has 3 heteroatoms. The summed E-state index contributed by atoms with van der Waals surface area (Å²) in [6.07, 6.45) is 3.36. The highest BCUT2D eigenvalue weighted by atomic mass is 16.1. The van der Waals surface area contributed by atoms with Gasteiger partial charge in [0.05, 0.1) is 12.1 Å². The van der Waals surface area contributed by atoms with E-state index in [4.69, 9.17) is 0 Å². The van der Waals surface area contributed by atoms with Gasteiger partial charge in [-0.15, -0.1) is 0 Å². The first-order valence-corrected chi connectivity index (χ1v) is 7.16. The quantitative estimate of drug-likeness (QED) is 0.772. The average molecular weight is 270 g/mol. The van der Waals surface area contributed by atoms with Crippen LogP contribution >= 0.6 is 0 Å². The van der Waals surface area contributed by atoms with E-state index in [0.29, 0.717) is 12.5 Å². The van der Waals surface area contributed by atoms with Crippen LogP contribution in [-0.2, 0) is 6.42 Å². The number of aryl methyl sites for hydroxylation is 2. The van der Waals surface area contributed by atoms with Gasteiger partial charge >= 0.3 is 0 Å². The van der Waals surface area contributed by atoms with Crippen LogP contribution in [0.1, 0.15) is 53.5 Å². The maximum absolute atomic E-state index is 12.5. The van der Waals surface area contributed by atoms with Crippen molar-refractivity contribution in [3.8, 4) is 0 Å². The summed E-state index contributed by atoms with van der Waals surface area (Å²) < 4.78 is 1.94. The van der Waals surface area contributed by atoms with E-state index in [2.05, 4.69) is 18.9 Å². The number of ketones is 1. The first kappa shape index (κ1) is 14.5. The SMILES string of the molecule is CCC(C)n1ccc(CC(=O)c2c(C)cccc2C)n1. The molecule has 1 atom stereocenters. The number of rotatable bonds is 5. The monoisotopic (exact) mass is 270 g/mol. The maximum Gasteiger partial charge on any atom is 0.169 e. The van der Waals surface area contributed by atoms with Crippen LogP contribution in [0.5, 0.6) is 0 Å². The van der Waals surface area contributed by atoms with Crippen molar-refractivity contribution >= 4 is 5.78 Å². The Morgan fingerprint density at radius 1 is 1.25 bits per heavy atom. The minimum Gasteiger partial charge on any atom is -0.294 e. The Hall–Kier alpha value is -1.90. The molecule has 0 saturated heterocycles. The predicted octanol–water partition coefficient (Wildman–Crippen LogP) is 3.90. The van der Waals surface area contributed by atoms with Gasteiger partial charge in [-0.3, -0.25) is 9.48 Å². The summed E-state index contributed by atoms with van der Waals surface area (Å²) in [5.74, 6) is 0.148. The van der Waals surface area contributed by atoms with Gasteiger partial charge in [0.1, 0.15) is 0 Å². The van der Waals surface area contributed by atoms with Gasteiger partial charge in [0, 0.05) is 17.8 Å². The molecule has 0 aliphatic heterocycles. The van der Waals surface area contributed by atoms with Crippen molar-refractivity contribution in [1.29, 1.82) is 0 Å². The van der Waals surface area contributed by atoms with E-state index in [1.54, 1.807) is 0 Å². The number of benzene rings is 1. The first-order chi connectivity index (χ1) is 9.52. The van der Waals surface area contributed by atoms with Crippen molar-refractivity contribution in [2.45, 2.75) is 46.6 Å². The highest BCUT2D eigenvalue weighted by Gasteiger charge is 2.14. The Morgan fingerprint density at radius 3 is 2.50 bits per heavy atom. The second-order valence-corrected chi connectivity index (χ2v) is 5.41. The molecule has 0 fully saturated rings. The zero-order valence-electron chi connectivity index (χ0n) is 12.7. The minimum absolute atomic E-state index is 0.148. The molecular formula is C17H22N2O. The van der Waals surface area contributed by atoms with Crippen molar-refractivity contribution < 1.29 is 4.79 Å². The van der Waals surface area contributed by atoms with Crippen LogP contribution in [0, 0.1) is 13.8 Å². The van der Waals surface area contributed by atoms with Gasteiger partial charge in [-0.25, -0.2) is 0 Å². The van der Waals surface area contributed by atoms with Crippen molar-refractivity contribution in [2.75, 3.05) is 0 Å². The fourth-order valence-corrected chi connectivity index (χ4v) is 2.41. The molecule has 0 saturated carbocycles. The van der Waals surface area contributed by atoms with Crippen molar-refractivity contribution in [2.24, 2.45) is 0 Å². The highest BCUT2D eigenvalue weighted by molar-refractivity contribution is 5.99. The largest absolute Gasteiger partial charge is 0.294 e. The Balaban J connectivity index is 2.18. The number of carbonyl (C=O) groups excluding carboxylic acids is 1. The fourth-order valence-electron chi connectivity index (χ4n) is 2.41. The summed E-state index contributed by atoms with van der Waals surface area (Å²) in [7, 11) is 0. The van der Waals surface area contributed by atoms with E-state index < -0.39 is 0 Å². The van der Waals surface area contributed by atoms with Crippen LogP contribution in [0.4, 0.5) is 0 Å². The smallest absolute Gasteiger partial charge is 0.169 e. The van der Waals surface area contributed by atoms with Crippen LogP contribution in [0.2, 0.25) is 0 Å². The Bertz CT molecular complexity index is 593. The molecule has 0 N–H and O–H groups in total. The average Bonchev–Trinajstić information content (AvgIpc) is 2.86. The van der Waals surface area contributed by atoms with Gasteiger partial charge in [-0.05, 0) is 44.4 Å². The van der Waals surface area contributed by atoms with Gasteiger partial charge in [0.2, 0.25) is 0 Å². The van der Waals surface area contributed by atoms with E-state index in [1.165, 1.54) is 0 Å². The van der Waals surface area contributed by atoms with Crippen LogP contribution in [0.3, 0.4) is 0 Å². The molecular weight excluding hydrogens is 248 g/mol. The number of carbonyl (C=O) groups is 1. The van der Waals surface area contributed by atoms with E-state index in [9.17, 15) is 4.79 Å². The van der Waals surface area contributed by atoms with Gasteiger partial charge < -0.3 is 0 Å². The van der Waals surface area contributed by atoms with E-state index in [-0.39, 0.29) is 5.78 Å². The Morgan fingerprint density at radius 2 is 1.90 bits per heavy atom. The van der Waals surface area contributed by atoms with Crippen LogP contribution < -0.4 is 0 Å². The summed E-state index contributed by atoms with van der Waals surface area (Å²) in [5.41, 5.74) is 3.76. The number of hydrogen-bond acceptors (Lipinski definition) is 2. The zero-order chi connectivity index (χ0) is 14.7. The van der Waals surface area contributed by atoms with Crippen molar-refractivity contribution in [3.05, 3.63) is 52.8 Å². The molecule has 3 nitrogen and oxygen atoms in total. The number of Topliss-reactive ketones (excluding diaryl/α,β-unsaturated/α-hetero) is 1. The van der Waals surface area contributed by atoms with Crippen molar-refractivity contribution in [3.63, 3.8) is 0 Å². The van der Waals surface area contributed by atoms with E-state index >= 15 is 0 Å². The molecule has 0 spiro atoms. The minimum atomic E-state index is 0.148. The van der Waals surface area contributed by atoms with Crippen LogP contribution in [0.25, 0.3) is 0 Å². The fraction of sp³-hybridized carbons (Fsp3) is 0.412. The molecule has 1 aromatic carbocycles. The van der Waals surface area contributed by atoms with Gasteiger partial charge in [0.25, 0.3) is 0 Å². The highest BCUT2D eigenvalue weighted by Crippen LogP contribution is 2.16. The molecule has 0 radical (unpaired) electrons. The summed E-state index contributed by atoms with van der Waals surface area (Å²) in [6, 6.07) is 8.27. The topological polar surface area (TPSA) is 34.9 Å². The summed E-state index contributed by atoms with van der Waals surface area (Å²) in [5, 5.41) is 4.50. The summed E-state index contributed by atoms with van der Waals surface area (Å²) in [6.45, 7) is 8.23. The lowest BCUT2D eigenvalue weighted by Crippen LogP contribution is -2.10. The molecule has 0 bridgehead atoms. The van der Waals surface area contributed by atoms with Gasteiger partial charge in [-0.1, -0.05) is 25.1 Å². The Labute approximate surface area is 120 Å². The second-order valence-electron chi connectivity index (χ2n) is 5.41. The van der Waals surface area contributed by atoms with Crippen LogP contribution in [-0.4, -0.2) is 15.6 Å². The lowest BCUT2D eigenvalue weighted by atomic mass is 9.97. The molecule has 2 rings (SSSR count). The molecule has 20 heavy (non-hydrogen) atoms. The lowest BCUT2D eigenvalue weighted by molar-refractivity contribution is 0.0990. The number of nitrogens with zero attached hydrogens (tertiary/aromatic N) is 2. The standard InChI is InChI=1S/C17H22N2O/c1-5-14(4)19-10-9-15(18-19)11-16(20)17-12(2)7-6-8-13(17)3/h6-10,14H,5,11H2,1-4H3. The molecule has 0 amide bonds. The van der Waals surface area contributed by atoms with Crippen LogP contribution in [0.15, 0.2) is 30.5 Å². The third-order valence-corrected chi connectivity index (χ3v) is 3.81. The lowest BCUT2D eigenvalue weighted by Gasteiger charge is -2.09. The Kier molecular flexibility index (Phi) is 4.38. The van der Waals surface area contributed by atoms with Crippen molar-refractivity contribution in [1.82, 2.24) is 9.78 Å². The number of hydrogen-bond donors (Lipinski definition) is 0. The summed E-state index contributed by atoms with van der Waals surface area (Å²) >= 11 is 0. The molecule has 1 aromatic heterocycles. The van der Waals surface area contributed by atoms with Gasteiger partial charge in [0.15, 0.2) is 5.78 Å². The molecule has 106 valence electrons. The normalized spacial score (nSPS) is 12.4. The second kappa shape index (κ2) is 6.04. The molecule has 2 aromatic rings. The predicted molar refractivity (Wildman–Crippen MR) is 81.2 cm³/mol. The molecule has 1 heterocycles. The summed E-state index contributed by atoms with van der Waals surface area (Å²) in [4.78, 5) is 12.5. The first-order valence-electron chi connectivity index (χ1n) is 7.16. The molecule has 0 aliphatic carbocycles. The third kappa shape index (κ3) is 2.98. The van der Waals surface area contributed by atoms with E-state index in [1.807, 2.05) is 49.0 Å².